The molecule has 3 heterocycles. The zero-order chi connectivity index (χ0) is 36.0. The largest absolute Gasteiger partial charge is 0.483 e. The molecule has 8 N–H and O–H groups in total. The highest BCUT2D eigenvalue weighted by Crippen LogP contribution is 2.39. The van der Waals surface area contributed by atoms with E-state index in [1.54, 1.807) is 33.8 Å². The van der Waals surface area contributed by atoms with Crippen LogP contribution in [0.4, 0.5) is 16.3 Å². The van der Waals surface area contributed by atoms with E-state index in [0.717, 1.165) is 43.2 Å². The van der Waals surface area contributed by atoms with E-state index in [4.69, 9.17) is 21.6 Å². The third kappa shape index (κ3) is 8.81. The molecule has 268 valence electrons. The van der Waals surface area contributed by atoms with Gasteiger partial charge in [-0.3, -0.25) is 14.9 Å². The fourth-order valence-corrected chi connectivity index (χ4v) is 6.66. The summed E-state index contributed by atoms with van der Waals surface area (Å²) in [6, 6.07) is 12.0. The number of nitrogen functional groups attached to an aromatic ring is 1. The van der Waals surface area contributed by atoms with Crippen molar-refractivity contribution in [3.63, 3.8) is 0 Å². The van der Waals surface area contributed by atoms with Crippen molar-refractivity contribution < 1.29 is 19.2 Å². The number of allylic oxidation sites excluding steroid dienone is 1. The summed E-state index contributed by atoms with van der Waals surface area (Å²) >= 11 is 0. The first kappa shape index (κ1) is 36.4. The summed E-state index contributed by atoms with van der Waals surface area (Å²) in [5, 5.41) is 28.4. The molecule has 3 aromatic rings. The second kappa shape index (κ2) is 15.8. The number of nitrogens with one attached hydrogen (secondary N) is 3. The number of rotatable bonds is 8. The van der Waals surface area contributed by atoms with Crippen LogP contribution in [0.5, 0.6) is 5.75 Å². The lowest BCUT2D eigenvalue weighted by Gasteiger charge is -2.36. The molecule has 0 saturated carbocycles. The zero-order valence-electron chi connectivity index (χ0n) is 29.9. The molecule has 5 rings (SSSR count). The Morgan fingerprint density at radius 3 is 2.56 bits per heavy atom. The first-order valence-corrected chi connectivity index (χ1v) is 17.5. The number of hydrogen-bond acceptors (Lipinski definition) is 8. The van der Waals surface area contributed by atoms with Crippen LogP contribution in [0.15, 0.2) is 71.8 Å². The van der Waals surface area contributed by atoms with Crippen molar-refractivity contribution in [3.05, 3.63) is 77.9 Å². The van der Waals surface area contributed by atoms with E-state index in [0.29, 0.717) is 42.0 Å². The Morgan fingerprint density at radius 1 is 1.14 bits per heavy atom. The number of carbonyl (C=O) groups excluding carboxylic acids is 1. The van der Waals surface area contributed by atoms with Crippen LogP contribution in [-0.4, -0.2) is 62.8 Å². The summed E-state index contributed by atoms with van der Waals surface area (Å²) < 4.78 is 9.89. The highest BCUT2D eigenvalue weighted by molar-refractivity contribution is 6.05. The van der Waals surface area contributed by atoms with Crippen LogP contribution >= 0.6 is 0 Å². The lowest BCUT2D eigenvalue weighted by atomic mass is 9.81. The van der Waals surface area contributed by atoms with Crippen LogP contribution in [0.3, 0.4) is 0 Å². The number of amidine groups is 1. The number of aromatic nitrogens is 3. The lowest BCUT2D eigenvalue weighted by Crippen LogP contribution is -2.60. The van der Waals surface area contributed by atoms with Gasteiger partial charge in [0, 0.05) is 35.7 Å². The van der Waals surface area contributed by atoms with Gasteiger partial charge < -0.3 is 26.6 Å². The number of benzene rings is 1. The van der Waals surface area contributed by atoms with Crippen molar-refractivity contribution in [1.82, 2.24) is 25.3 Å². The molecule has 2 amide bonds. The van der Waals surface area contributed by atoms with Gasteiger partial charge in [0.05, 0.1) is 37.6 Å². The van der Waals surface area contributed by atoms with E-state index in [1.165, 1.54) is 0 Å². The fourth-order valence-electron chi connectivity index (χ4n) is 6.66. The molecule has 1 aliphatic carbocycles. The number of ether oxygens (including phenoxy) is 1. The SMILES string of the molecule is CC1CCCC(C)N1C(=N)[n+]1cc(OC2CCC(CNC(=O)NC(C=C(N)C(C)(C)C)=Nc3cnn(CCO)c3)c3ccccc32)ccc1N. The van der Waals surface area contributed by atoms with E-state index in [2.05, 4.69) is 51.6 Å². The maximum absolute atomic E-state index is 13.2. The standard InChI is InChI=1S/C37H52N10O3/c1-24-9-8-10-25(2)47(24)35(40)46-23-28(14-16-33(46)39)50-31-15-13-26(29-11-6-7-12-30(29)31)20-41-36(49)44-34(19-32(38)37(3,4)5)43-27-21-42-45(22-27)17-18-48/h6-7,11-12,14,16,19,21-26,31,39-40,48H,8-10,13,15,17-18,20H2,1-5H3,(H4,38,41,43,44,49)/p+1. The van der Waals surface area contributed by atoms with Crippen molar-refractivity contribution in [2.24, 2.45) is 16.1 Å². The van der Waals surface area contributed by atoms with Crippen LogP contribution in [0, 0.1) is 10.8 Å². The second-order valence-electron chi connectivity index (χ2n) is 14.4. The van der Waals surface area contributed by atoms with E-state index >= 15 is 0 Å². The summed E-state index contributed by atoms with van der Waals surface area (Å²) in [4.78, 5) is 19.9. The molecule has 0 radical (unpaired) electrons. The average molecular weight is 686 g/mol. The Bertz CT molecular complexity index is 1720. The number of aliphatic imine (C=N–C) groups is 1. The minimum Gasteiger partial charge on any atom is -0.483 e. The number of carbonyl (C=O) groups is 1. The number of aliphatic hydroxyl groups excluding tert-OH is 1. The van der Waals surface area contributed by atoms with Crippen molar-refractivity contribution in [2.75, 3.05) is 18.9 Å². The van der Waals surface area contributed by atoms with Gasteiger partial charge in [0.15, 0.2) is 5.82 Å². The smallest absolute Gasteiger partial charge is 0.347 e. The highest BCUT2D eigenvalue weighted by Gasteiger charge is 2.34. The van der Waals surface area contributed by atoms with E-state index < -0.39 is 6.03 Å². The first-order valence-electron chi connectivity index (χ1n) is 17.5. The molecule has 4 atom stereocenters. The van der Waals surface area contributed by atoms with Gasteiger partial charge in [-0.1, -0.05) is 45.0 Å². The normalized spacial score (nSPS) is 21.4. The predicted octanol–water partition coefficient (Wildman–Crippen LogP) is 4.71. The van der Waals surface area contributed by atoms with Crippen molar-refractivity contribution in [1.29, 1.82) is 5.41 Å². The number of anilines is 1. The Balaban J connectivity index is 1.27. The molecule has 13 heteroatoms. The van der Waals surface area contributed by atoms with Gasteiger partial charge in [0.2, 0.25) is 0 Å². The van der Waals surface area contributed by atoms with Crippen LogP contribution in [0.2, 0.25) is 0 Å². The summed E-state index contributed by atoms with van der Waals surface area (Å²) in [5.41, 5.74) is 15.7. The number of hydrogen-bond donors (Lipinski definition) is 6. The van der Waals surface area contributed by atoms with Crippen molar-refractivity contribution in [3.8, 4) is 5.75 Å². The van der Waals surface area contributed by atoms with Crippen molar-refractivity contribution >= 4 is 29.3 Å². The maximum atomic E-state index is 13.2. The van der Waals surface area contributed by atoms with Gasteiger partial charge in [0.1, 0.15) is 29.6 Å². The number of amides is 2. The molecule has 13 nitrogen and oxygen atoms in total. The maximum Gasteiger partial charge on any atom is 0.347 e. The fraction of sp³-hybridized carbons (Fsp3) is 0.486. The van der Waals surface area contributed by atoms with Gasteiger partial charge in [-0.2, -0.15) is 15.1 Å². The monoisotopic (exact) mass is 685 g/mol. The molecule has 1 saturated heterocycles. The summed E-state index contributed by atoms with van der Waals surface area (Å²) in [5.74, 6) is 1.86. The third-order valence-corrected chi connectivity index (χ3v) is 9.56. The number of pyridine rings is 1. The molecule has 0 spiro atoms. The number of aliphatic hydroxyl groups is 1. The van der Waals surface area contributed by atoms with Gasteiger partial charge in [-0.15, -0.1) is 0 Å². The Labute approximate surface area is 294 Å². The number of fused-ring (bicyclic) bond motifs is 1. The molecule has 2 aliphatic rings. The first-order chi connectivity index (χ1) is 23.8. The molecule has 50 heavy (non-hydrogen) atoms. The minimum atomic E-state index is -0.397. The predicted molar refractivity (Wildman–Crippen MR) is 195 cm³/mol. The number of piperidine rings is 1. The van der Waals surface area contributed by atoms with E-state index in [9.17, 15) is 9.90 Å². The summed E-state index contributed by atoms with van der Waals surface area (Å²) in [6.07, 6.45) is 11.4. The average Bonchev–Trinajstić information content (AvgIpc) is 3.51. The summed E-state index contributed by atoms with van der Waals surface area (Å²) in [7, 11) is 0. The van der Waals surface area contributed by atoms with Crippen LogP contribution in [0.1, 0.15) is 89.9 Å². The molecular formula is C37H53N10O3+. The van der Waals surface area contributed by atoms with Crippen LogP contribution in [0.25, 0.3) is 0 Å². The quantitative estimate of drug-likeness (QED) is 0.113. The lowest BCUT2D eigenvalue weighted by molar-refractivity contribution is -0.552. The minimum absolute atomic E-state index is 0.0446. The van der Waals surface area contributed by atoms with Gasteiger partial charge in [-0.05, 0) is 63.1 Å². The van der Waals surface area contributed by atoms with Gasteiger partial charge >= 0.3 is 12.0 Å². The van der Waals surface area contributed by atoms with Gasteiger partial charge in [0.25, 0.3) is 0 Å². The van der Waals surface area contributed by atoms with E-state index in [1.807, 2.05) is 45.2 Å². The number of nitrogens with two attached hydrogens (primary N) is 2. The van der Waals surface area contributed by atoms with Crippen LogP contribution < -0.4 is 31.4 Å². The Hall–Kier alpha value is -4.91. The molecule has 0 bridgehead atoms. The van der Waals surface area contributed by atoms with E-state index in [-0.39, 0.29) is 42.0 Å². The highest BCUT2D eigenvalue weighted by atomic mass is 16.5. The molecule has 1 aliphatic heterocycles. The zero-order valence-corrected chi connectivity index (χ0v) is 29.9. The summed E-state index contributed by atoms with van der Waals surface area (Å²) in [6.45, 7) is 11.0. The van der Waals surface area contributed by atoms with Crippen molar-refractivity contribution in [2.45, 2.75) is 97.4 Å². The Kier molecular flexibility index (Phi) is 11.5. The van der Waals surface area contributed by atoms with Gasteiger partial charge in [-0.25, -0.2) is 9.79 Å². The molecular weight excluding hydrogens is 632 g/mol. The third-order valence-electron chi connectivity index (χ3n) is 9.56. The van der Waals surface area contributed by atoms with Crippen LogP contribution in [-0.2, 0) is 6.54 Å². The topological polar surface area (TPSA) is 184 Å². The molecule has 2 aromatic heterocycles. The Morgan fingerprint density at radius 2 is 1.86 bits per heavy atom. The molecule has 4 unspecified atom stereocenters. The number of nitrogens with zero attached hydrogens (tertiary/aromatic N) is 5. The number of urea groups is 1. The molecule has 1 aromatic carbocycles. The second-order valence-corrected chi connectivity index (χ2v) is 14.4. The molecule has 1 fully saturated rings. The number of likely N-dealkylation sites (tertiary alicyclic amines) is 1.